The van der Waals surface area contributed by atoms with Gasteiger partial charge in [0.25, 0.3) is 0 Å². The normalized spacial score (nSPS) is 30.6. The molecule has 3 aliphatic heterocycles. The molecule has 4 rings (SSSR count). The lowest BCUT2D eigenvalue weighted by Gasteiger charge is -2.41. The highest BCUT2D eigenvalue weighted by molar-refractivity contribution is 5.79. The van der Waals surface area contributed by atoms with Crippen molar-refractivity contribution in [2.45, 2.75) is 43.8 Å². The summed E-state index contributed by atoms with van der Waals surface area (Å²) < 4.78 is 17.6. The first-order valence-electron chi connectivity index (χ1n) is 9.31. The molecule has 25 heavy (non-hydrogen) atoms. The fourth-order valence-electron chi connectivity index (χ4n) is 4.26. The summed E-state index contributed by atoms with van der Waals surface area (Å²) in [4.78, 5) is 18.9. The van der Waals surface area contributed by atoms with Crippen LogP contribution in [0.15, 0.2) is 24.5 Å². The van der Waals surface area contributed by atoms with Gasteiger partial charge in [-0.1, -0.05) is 0 Å². The number of carbonyl (C=O) groups is 1. The largest absolute Gasteiger partial charge is 0.486 e. The van der Waals surface area contributed by atoms with Crippen molar-refractivity contribution >= 4 is 5.91 Å². The molecule has 3 aliphatic rings. The van der Waals surface area contributed by atoms with Crippen molar-refractivity contribution < 1.29 is 19.0 Å². The molecular formula is C19H26N2O4. The van der Waals surface area contributed by atoms with Crippen LogP contribution in [0.25, 0.3) is 0 Å². The third-order valence-corrected chi connectivity index (χ3v) is 5.53. The number of amides is 1. The van der Waals surface area contributed by atoms with E-state index in [-0.39, 0.29) is 23.5 Å². The van der Waals surface area contributed by atoms with Crippen LogP contribution in [0.4, 0.5) is 0 Å². The van der Waals surface area contributed by atoms with Gasteiger partial charge in [0.2, 0.25) is 5.91 Å². The van der Waals surface area contributed by atoms with Crippen LogP contribution in [0.1, 0.15) is 32.1 Å². The van der Waals surface area contributed by atoms with Crippen molar-refractivity contribution in [1.29, 1.82) is 0 Å². The number of hydrogen-bond acceptors (Lipinski definition) is 5. The van der Waals surface area contributed by atoms with Gasteiger partial charge in [-0.3, -0.25) is 9.78 Å². The first-order valence-corrected chi connectivity index (χ1v) is 9.31. The maximum atomic E-state index is 12.8. The van der Waals surface area contributed by atoms with E-state index < -0.39 is 0 Å². The number of pyridine rings is 1. The third-order valence-electron chi connectivity index (χ3n) is 5.53. The maximum absolute atomic E-state index is 12.8. The fourth-order valence-corrected chi connectivity index (χ4v) is 4.26. The Labute approximate surface area is 148 Å². The number of aromatic nitrogens is 1. The van der Waals surface area contributed by atoms with Crippen LogP contribution in [0, 0.1) is 5.92 Å². The van der Waals surface area contributed by atoms with Gasteiger partial charge in [0, 0.05) is 44.8 Å². The molecule has 0 radical (unpaired) electrons. The van der Waals surface area contributed by atoms with Crippen molar-refractivity contribution in [3.63, 3.8) is 0 Å². The summed E-state index contributed by atoms with van der Waals surface area (Å²) in [5.74, 6) is 1.18. The molecule has 3 fully saturated rings. The Morgan fingerprint density at radius 3 is 3.04 bits per heavy atom. The van der Waals surface area contributed by atoms with E-state index in [2.05, 4.69) is 4.98 Å². The van der Waals surface area contributed by atoms with Gasteiger partial charge in [-0.15, -0.1) is 0 Å². The molecule has 0 saturated carbocycles. The van der Waals surface area contributed by atoms with Crippen LogP contribution in [0.3, 0.4) is 0 Å². The van der Waals surface area contributed by atoms with Crippen LogP contribution < -0.4 is 4.74 Å². The molecule has 6 heteroatoms. The van der Waals surface area contributed by atoms with Gasteiger partial charge in [-0.05, 0) is 37.8 Å². The van der Waals surface area contributed by atoms with E-state index in [1.165, 1.54) is 0 Å². The summed E-state index contributed by atoms with van der Waals surface area (Å²) in [6, 6.07) is 3.79. The van der Waals surface area contributed by atoms with E-state index in [0.29, 0.717) is 26.4 Å². The highest BCUT2D eigenvalue weighted by Crippen LogP contribution is 2.37. The van der Waals surface area contributed by atoms with Crippen LogP contribution in [0.5, 0.6) is 5.75 Å². The number of carbonyl (C=O) groups excluding carboxylic acids is 1. The van der Waals surface area contributed by atoms with Crippen LogP contribution in [-0.2, 0) is 14.3 Å². The van der Waals surface area contributed by atoms with Crippen molar-refractivity contribution in [2.75, 3.05) is 32.9 Å². The molecule has 6 nitrogen and oxygen atoms in total. The molecule has 1 aromatic rings. The van der Waals surface area contributed by atoms with E-state index >= 15 is 0 Å². The molecule has 4 heterocycles. The van der Waals surface area contributed by atoms with E-state index in [0.717, 1.165) is 44.4 Å². The van der Waals surface area contributed by atoms with Gasteiger partial charge in [-0.25, -0.2) is 0 Å². The number of rotatable bonds is 3. The smallest absolute Gasteiger partial charge is 0.225 e. The number of ether oxygens (including phenoxy) is 3. The first kappa shape index (κ1) is 16.8. The second kappa shape index (κ2) is 7.30. The Balaban J connectivity index is 1.36. The highest BCUT2D eigenvalue weighted by atomic mass is 16.6. The maximum Gasteiger partial charge on any atom is 0.225 e. The van der Waals surface area contributed by atoms with E-state index in [9.17, 15) is 4.79 Å². The molecule has 0 aliphatic carbocycles. The highest BCUT2D eigenvalue weighted by Gasteiger charge is 2.46. The average molecular weight is 346 g/mol. The molecular weight excluding hydrogens is 320 g/mol. The number of likely N-dealkylation sites (tertiary alicyclic amines) is 1. The molecule has 1 spiro atoms. The minimum absolute atomic E-state index is 0.0299. The fraction of sp³-hybridized carbons (Fsp3) is 0.684. The Bertz CT molecular complexity index is 590. The zero-order valence-corrected chi connectivity index (χ0v) is 14.6. The summed E-state index contributed by atoms with van der Waals surface area (Å²) in [5.41, 5.74) is -0.244. The predicted octanol–water partition coefficient (Wildman–Crippen LogP) is 2.04. The van der Waals surface area contributed by atoms with Gasteiger partial charge in [-0.2, -0.15) is 0 Å². The van der Waals surface area contributed by atoms with E-state index in [4.69, 9.17) is 14.2 Å². The van der Waals surface area contributed by atoms with E-state index in [1.54, 1.807) is 12.4 Å². The van der Waals surface area contributed by atoms with Gasteiger partial charge in [0.1, 0.15) is 11.9 Å². The molecule has 0 aromatic carbocycles. The lowest BCUT2D eigenvalue weighted by atomic mass is 9.88. The molecule has 1 aromatic heterocycles. The van der Waals surface area contributed by atoms with Crippen molar-refractivity contribution in [3.05, 3.63) is 24.5 Å². The zero-order chi connectivity index (χ0) is 17.1. The van der Waals surface area contributed by atoms with Crippen LogP contribution in [-0.4, -0.2) is 60.4 Å². The van der Waals surface area contributed by atoms with Gasteiger partial charge in [0.15, 0.2) is 0 Å². The minimum atomic E-state index is -0.244. The second-order valence-electron chi connectivity index (χ2n) is 7.38. The SMILES string of the molecule is O=C(C1CCOCC1)N1CCCC2(CC(Oc3cccnc3)CO2)C1. The summed E-state index contributed by atoms with van der Waals surface area (Å²) in [6.45, 7) is 3.51. The van der Waals surface area contributed by atoms with Crippen molar-refractivity contribution in [2.24, 2.45) is 5.92 Å². The van der Waals surface area contributed by atoms with Crippen LogP contribution in [0.2, 0.25) is 0 Å². The van der Waals surface area contributed by atoms with Crippen LogP contribution >= 0.6 is 0 Å². The number of hydrogen-bond donors (Lipinski definition) is 0. The Kier molecular flexibility index (Phi) is 4.90. The second-order valence-corrected chi connectivity index (χ2v) is 7.38. The number of nitrogens with zero attached hydrogens (tertiary/aromatic N) is 2. The average Bonchev–Trinajstić information content (AvgIpc) is 3.04. The third kappa shape index (κ3) is 3.80. The number of piperidine rings is 1. The quantitative estimate of drug-likeness (QED) is 0.838. The molecule has 136 valence electrons. The summed E-state index contributed by atoms with van der Waals surface area (Å²) in [7, 11) is 0. The molecule has 2 atom stereocenters. The predicted molar refractivity (Wildman–Crippen MR) is 91.3 cm³/mol. The van der Waals surface area contributed by atoms with Gasteiger partial charge in [0.05, 0.1) is 18.4 Å². The molecule has 3 saturated heterocycles. The summed E-state index contributed by atoms with van der Waals surface area (Å²) in [5, 5.41) is 0. The first-order chi connectivity index (χ1) is 12.2. The zero-order valence-electron chi connectivity index (χ0n) is 14.6. The Morgan fingerprint density at radius 1 is 1.36 bits per heavy atom. The molecule has 0 bridgehead atoms. The van der Waals surface area contributed by atoms with Crippen molar-refractivity contribution in [1.82, 2.24) is 9.88 Å². The lowest BCUT2D eigenvalue weighted by Crippen LogP contribution is -2.52. The molecule has 2 unspecified atom stereocenters. The molecule has 1 amide bonds. The van der Waals surface area contributed by atoms with Gasteiger partial charge < -0.3 is 19.1 Å². The topological polar surface area (TPSA) is 60.9 Å². The summed E-state index contributed by atoms with van der Waals surface area (Å²) in [6.07, 6.45) is 8.01. The monoisotopic (exact) mass is 346 g/mol. The Morgan fingerprint density at radius 2 is 2.24 bits per heavy atom. The summed E-state index contributed by atoms with van der Waals surface area (Å²) >= 11 is 0. The molecule has 0 N–H and O–H groups in total. The van der Waals surface area contributed by atoms with Crippen molar-refractivity contribution in [3.8, 4) is 5.75 Å². The minimum Gasteiger partial charge on any atom is -0.486 e. The van der Waals surface area contributed by atoms with E-state index in [1.807, 2.05) is 17.0 Å². The lowest BCUT2D eigenvalue weighted by molar-refractivity contribution is -0.146. The van der Waals surface area contributed by atoms with Gasteiger partial charge >= 0.3 is 0 Å². The Hall–Kier alpha value is -1.66. The standard InChI is InChI=1S/C19H26N2O4/c22-18(15-4-9-23-10-5-15)21-8-2-6-19(14-21)11-17(13-24-19)25-16-3-1-7-20-12-16/h1,3,7,12,15,17H,2,4-6,8-11,13-14H2.